The van der Waals surface area contributed by atoms with Crippen LogP contribution in [0.3, 0.4) is 0 Å². The summed E-state index contributed by atoms with van der Waals surface area (Å²) in [5.74, 6) is 7.28. The van der Waals surface area contributed by atoms with Gasteiger partial charge >= 0.3 is 0 Å². The molecule has 0 aromatic heterocycles. The lowest BCUT2D eigenvalue weighted by molar-refractivity contribution is 0.350. The van der Waals surface area contributed by atoms with E-state index in [1.165, 1.54) is 5.56 Å². The smallest absolute Gasteiger partial charge is 0.134 e. The summed E-state index contributed by atoms with van der Waals surface area (Å²) in [6, 6.07) is 6.01. The van der Waals surface area contributed by atoms with Crippen LogP contribution in [0, 0.1) is 11.8 Å². The van der Waals surface area contributed by atoms with Gasteiger partial charge in [0.2, 0.25) is 0 Å². The highest BCUT2D eigenvalue weighted by Gasteiger charge is 2.03. The number of rotatable bonds is 4. The molecule has 0 atom stereocenters. The molecule has 0 unspecified atom stereocenters. The fourth-order valence-electron chi connectivity index (χ4n) is 1.34. The zero-order valence-corrected chi connectivity index (χ0v) is 11.3. The van der Waals surface area contributed by atoms with Crippen molar-refractivity contribution in [1.82, 2.24) is 0 Å². The molecule has 0 spiro atoms. The number of methoxy groups -OCH3 is 1. The van der Waals surface area contributed by atoms with Crippen molar-refractivity contribution in [1.29, 1.82) is 0 Å². The van der Waals surface area contributed by atoms with E-state index in [-0.39, 0.29) is 6.61 Å². The van der Waals surface area contributed by atoms with Crippen molar-refractivity contribution in [3.8, 4) is 17.6 Å². The third-order valence-corrected chi connectivity index (χ3v) is 3.32. The summed E-state index contributed by atoms with van der Waals surface area (Å²) in [4.78, 5) is 0. The van der Waals surface area contributed by atoms with E-state index in [0.717, 1.165) is 17.1 Å². The van der Waals surface area contributed by atoms with Gasteiger partial charge in [0.05, 0.1) is 12.7 Å². The second-order valence-corrected chi connectivity index (χ2v) is 5.42. The zero-order chi connectivity index (χ0) is 12.7. The van der Waals surface area contributed by atoms with Crippen LogP contribution in [0.25, 0.3) is 0 Å². The lowest BCUT2D eigenvalue weighted by atomic mass is 10.1. The fourth-order valence-corrected chi connectivity index (χ4v) is 2.05. The highest BCUT2D eigenvalue weighted by Crippen LogP contribution is 2.23. The van der Waals surface area contributed by atoms with E-state index < -0.39 is 0 Å². The molecule has 0 aliphatic carbocycles. The minimum atomic E-state index is -0.131. The van der Waals surface area contributed by atoms with Gasteiger partial charge < -0.3 is 9.84 Å². The van der Waals surface area contributed by atoms with Gasteiger partial charge in [-0.1, -0.05) is 31.8 Å². The molecule has 0 saturated carbocycles. The van der Waals surface area contributed by atoms with Gasteiger partial charge in [-0.25, -0.2) is 0 Å². The van der Waals surface area contributed by atoms with Crippen LogP contribution in [0.4, 0.5) is 0 Å². The van der Waals surface area contributed by atoms with Gasteiger partial charge in [-0.2, -0.15) is 11.8 Å². The average molecular weight is 250 g/mol. The topological polar surface area (TPSA) is 29.5 Å². The van der Waals surface area contributed by atoms with E-state index in [0.29, 0.717) is 5.25 Å². The first-order chi connectivity index (χ1) is 8.17. The summed E-state index contributed by atoms with van der Waals surface area (Å²) in [5, 5.41) is 9.33. The largest absolute Gasteiger partial charge is 0.495 e. The molecule has 0 aliphatic rings. The third kappa shape index (κ3) is 4.72. The maximum Gasteiger partial charge on any atom is 0.134 e. The number of hydrogen-bond donors (Lipinski definition) is 1. The minimum Gasteiger partial charge on any atom is -0.495 e. The van der Waals surface area contributed by atoms with E-state index in [2.05, 4.69) is 31.8 Å². The van der Waals surface area contributed by atoms with Crippen LogP contribution in [0.5, 0.6) is 5.75 Å². The molecular formula is C14H18O2S. The van der Waals surface area contributed by atoms with E-state index in [1.54, 1.807) is 7.11 Å². The van der Waals surface area contributed by atoms with Crippen LogP contribution in [-0.4, -0.2) is 24.1 Å². The summed E-state index contributed by atoms with van der Waals surface area (Å²) in [5.41, 5.74) is 2.06. The van der Waals surface area contributed by atoms with E-state index in [9.17, 15) is 0 Å². The summed E-state index contributed by atoms with van der Waals surface area (Å²) >= 11 is 1.89. The highest BCUT2D eigenvalue weighted by atomic mass is 32.2. The maximum atomic E-state index is 8.72. The van der Waals surface area contributed by atoms with Gasteiger partial charge in [0.25, 0.3) is 0 Å². The summed E-state index contributed by atoms with van der Waals surface area (Å²) in [7, 11) is 1.63. The monoisotopic (exact) mass is 250 g/mol. The Balaban J connectivity index is 2.88. The Bertz CT molecular complexity index is 416. The zero-order valence-electron chi connectivity index (χ0n) is 10.5. The molecule has 1 N–H and O–H groups in total. The first-order valence-corrected chi connectivity index (χ1v) is 6.60. The Kier molecular flexibility index (Phi) is 5.96. The molecule has 92 valence electrons. The molecular weight excluding hydrogens is 232 g/mol. The van der Waals surface area contributed by atoms with Crippen LogP contribution in [-0.2, 0) is 5.75 Å². The summed E-state index contributed by atoms with van der Waals surface area (Å²) in [6.45, 7) is 4.23. The second kappa shape index (κ2) is 7.26. The normalized spacial score (nSPS) is 9.94. The molecule has 0 fully saturated rings. The standard InChI is InChI=1S/C14H18O2S/c1-11(2)17-10-12-6-7-14(16-3)13(9-12)5-4-8-15/h6-7,9,11,15H,8,10H2,1-3H3. The molecule has 1 aromatic rings. The quantitative estimate of drug-likeness (QED) is 0.833. The van der Waals surface area contributed by atoms with Gasteiger partial charge in [0.1, 0.15) is 12.4 Å². The molecule has 0 amide bonds. The molecule has 17 heavy (non-hydrogen) atoms. The number of benzene rings is 1. The van der Waals surface area contributed by atoms with E-state index in [1.807, 2.05) is 23.9 Å². The molecule has 0 radical (unpaired) electrons. The lowest BCUT2D eigenvalue weighted by Crippen LogP contribution is -1.93. The fraction of sp³-hybridized carbons (Fsp3) is 0.429. The van der Waals surface area contributed by atoms with Gasteiger partial charge in [0, 0.05) is 5.75 Å². The van der Waals surface area contributed by atoms with Crippen molar-refractivity contribution in [3.63, 3.8) is 0 Å². The maximum absolute atomic E-state index is 8.72. The Hall–Kier alpha value is -1.11. The Morgan fingerprint density at radius 1 is 1.41 bits per heavy atom. The van der Waals surface area contributed by atoms with Crippen LogP contribution in [0.15, 0.2) is 18.2 Å². The van der Waals surface area contributed by atoms with E-state index in [4.69, 9.17) is 9.84 Å². The number of aliphatic hydroxyl groups is 1. The van der Waals surface area contributed by atoms with Crippen molar-refractivity contribution in [2.45, 2.75) is 24.9 Å². The molecule has 0 bridgehead atoms. The predicted molar refractivity (Wildman–Crippen MR) is 73.4 cm³/mol. The van der Waals surface area contributed by atoms with Crippen LogP contribution >= 0.6 is 11.8 Å². The van der Waals surface area contributed by atoms with Crippen molar-refractivity contribution in [2.24, 2.45) is 0 Å². The summed E-state index contributed by atoms with van der Waals surface area (Å²) in [6.07, 6.45) is 0. The van der Waals surface area contributed by atoms with E-state index >= 15 is 0 Å². The number of hydrogen-bond acceptors (Lipinski definition) is 3. The molecule has 1 rings (SSSR count). The Morgan fingerprint density at radius 3 is 2.76 bits per heavy atom. The predicted octanol–water partition coefficient (Wildman–Crippen LogP) is 2.68. The molecule has 3 heteroatoms. The Morgan fingerprint density at radius 2 is 2.18 bits per heavy atom. The van der Waals surface area contributed by atoms with Crippen molar-refractivity contribution < 1.29 is 9.84 Å². The number of thioether (sulfide) groups is 1. The first kappa shape index (κ1) is 14.0. The van der Waals surface area contributed by atoms with Crippen molar-refractivity contribution in [3.05, 3.63) is 29.3 Å². The second-order valence-electron chi connectivity index (χ2n) is 3.85. The summed E-state index contributed by atoms with van der Waals surface area (Å²) < 4.78 is 5.23. The minimum absolute atomic E-state index is 0.131. The highest BCUT2D eigenvalue weighted by molar-refractivity contribution is 7.99. The molecule has 0 heterocycles. The number of aliphatic hydroxyl groups excluding tert-OH is 1. The lowest BCUT2D eigenvalue weighted by Gasteiger charge is -2.08. The van der Waals surface area contributed by atoms with Gasteiger partial charge in [-0.3, -0.25) is 0 Å². The van der Waals surface area contributed by atoms with Crippen LogP contribution < -0.4 is 4.74 Å². The number of ether oxygens (including phenoxy) is 1. The van der Waals surface area contributed by atoms with Crippen LogP contribution in [0.2, 0.25) is 0 Å². The SMILES string of the molecule is COc1ccc(CSC(C)C)cc1C#CCO. The van der Waals surface area contributed by atoms with Gasteiger partial charge in [-0.15, -0.1) is 0 Å². The molecule has 2 nitrogen and oxygen atoms in total. The molecule has 1 aromatic carbocycles. The Labute approximate surface area is 107 Å². The van der Waals surface area contributed by atoms with Crippen LogP contribution in [0.1, 0.15) is 25.0 Å². The van der Waals surface area contributed by atoms with Gasteiger partial charge in [-0.05, 0) is 22.9 Å². The van der Waals surface area contributed by atoms with Crippen molar-refractivity contribution >= 4 is 11.8 Å². The van der Waals surface area contributed by atoms with Crippen molar-refractivity contribution in [2.75, 3.05) is 13.7 Å². The first-order valence-electron chi connectivity index (χ1n) is 5.55. The van der Waals surface area contributed by atoms with Gasteiger partial charge in [0.15, 0.2) is 0 Å². The molecule has 0 saturated heterocycles. The molecule has 0 aliphatic heterocycles. The third-order valence-electron chi connectivity index (χ3n) is 2.15. The average Bonchev–Trinajstić information content (AvgIpc) is 2.33.